The van der Waals surface area contributed by atoms with E-state index in [9.17, 15) is 0 Å². The van der Waals surface area contributed by atoms with Crippen molar-refractivity contribution in [1.82, 2.24) is 29.9 Å². The van der Waals surface area contributed by atoms with E-state index in [1.807, 2.05) is 76.2 Å². The minimum absolute atomic E-state index is 0.792. The Labute approximate surface area is 211 Å². The molecule has 0 bridgehead atoms. The molecule has 0 spiro atoms. The van der Waals surface area contributed by atoms with Gasteiger partial charge in [0.05, 0.1) is 0 Å². The molecule has 3 heterocycles. The fraction of sp³-hybridized carbons (Fsp3) is 0.571. The van der Waals surface area contributed by atoms with Gasteiger partial charge in [-0.05, 0) is 78.1 Å². The summed E-state index contributed by atoms with van der Waals surface area (Å²) in [6.45, 7) is 32.1. The van der Waals surface area contributed by atoms with E-state index >= 15 is 0 Å². The molecule has 3 aromatic rings. The lowest BCUT2D eigenvalue weighted by Crippen LogP contribution is -1.98. The molecule has 3 aromatic heterocycles. The fourth-order valence-corrected chi connectivity index (χ4v) is 2.27. The first-order valence-electron chi connectivity index (χ1n) is 12.5. The summed E-state index contributed by atoms with van der Waals surface area (Å²) in [5.74, 6) is 2.38. The van der Waals surface area contributed by atoms with Crippen LogP contribution in [0, 0.1) is 55.4 Å². The van der Waals surface area contributed by atoms with Crippen molar-refractivity contribution in [2.75, 3.05) is 0 Å². The summed E-state index contributed by atoms with van der Waals surface area (Å²) >= 11 is 0. The zero-order valence-electron chi connectivity index (χ0n) is 25.0. The van der Waals surface area contributed by atoms with Crippen LogP contribution in [0.1, 0.15) is 101 Å². The standard InChI is InChI=1S/C10H15N.C6H9N3.C4H4N2.4C2H6/c1-6-7(2)9(4)11-10(5)8(6)3;1-4-7-5(2)9-6(3)8-4;1-2-5-4-6-3-1;4*1-2/h1-5H3;1-3H3;1-4H;4*1-2H3. The number of hydrogen-bond donors (Lipinski definition) is 0. The lowest BCUT2D eigenvalue weighted by atomic mass is 10.0. The van der Waals surface area contributed by atoms with E-state index in [-0.39, 0.29) is 0 Å². The second kappa shape index (κ2) is 26.5. The molecule has 6 heteroatoms. The molecule has 0 amide bonds. The summed E-state index contributed by atoms with van der Waals surface area (Å²) < 4.78 is 0. The Kier molecular flexibility index (Phi) is 30.0. The maximum Gasteiger partial charge on any atom is 0.129 e. The van der Waals surface area contributed by atoms with Gasteiger partial charge in [0.15, 0.2) is 0 Å². The Balaban J connectivity index is -0.000000177. The first-order valence-corrected chi connectivity index (χ1v) is 12.5. The summed E-state index contributed by atoms with van der Waals surface area (Å²) in [6.07, 6.45) is 4.88. The van der Waals surface area contributed by atoms with Gasteiger partial charge in [0.25, 0.3) is 0 Å². The topological polar surface area (TPSA) is 77.3 Å². The highest BCUT2D eigenvalue weighted by Crippen LogP contribution is 2.16. The molecule has 0 aliphatic heterocycles. The van der Waals surface area contributed by atoms with Gasteiger partial charge in [0.2, 0.25) is 0 Å². The first kappa shape index (κ1) is 38.5. The van der Waals surface area contributed by atoms with Gasteiger partial charge in [-0.15, -0.1) is 0 Å². The van der Waals surface area contributed by atoms with Crippen molar-refractivity contribution in [3.8, 4) is 0 Å². The smallest absolute Gasteiger partial charge is 0.129 e. The van der Waals surface area contributed by atoms with Crippen LogP contribution in [0.3, 0.4) is 0 Å². The minimum atomic E-state index is 0.792. The number of aromatic nitrogens is 6. The van der Waals surface area contributed by atoms with Gasteiger partial charge in [-0.1, -0.05) is 55.4 Å². The number of pyridine rings is 1. The number of hydrogen-bond acceptors (Lipinski definition) is 6. The third-order valence-corrected chi connectivity index (χ3v) is 3.99. The van der Waals surface area contributed by atoms with Gasteiger partial charge < -0.3 is 0 Å². The minimum Gasteiger partial charge on any atom is -0.258 e. The summed E-state index contributed by atoms with van der Waals surface area (Å²) in [5, 5.41) is 0. The third kappa shape index (κ3) is 18.8. The maximum atomic E-state index is 4.43. The molecular formula is C28H52N6. The lowest BCUT2D eigenvalue weighted by Gasteiger charge is -2.09. The Morgan fingerprint density at radius 2 is 0.706 bits per heavy atom. The molecule has 0 aromatic carbocycles. The molecule has 0 aliphatic carbocycles. The van der Waals surface area contributed by atoms with Crippen molar-refractivity contribution in [3.63, 3.8) is 0 Å². The van der Waals surface area contributed by atoms with Crippen LogP contribution in [0.25, 0.3) is 0 Å². The zero-order valence-corrected chi connectivity index (χ0v) is 25.0. The van der Waals surface area contributed by atoms with Crippen molar-refractivity contribution >= 4 is 0 Å². The monoisotopic (exact) mass is 472 g/mol. The Hall–Kier alpha value is -2.76. The predicted octanol–water partition coefficient (Wildman–Crippen LogP) is 8.00. The van der Waals surface area contributed by atoms with Gasteiger partial charge in [-0.2, -0.15) is 0 Å². The summed E-state index contributed by atoms with van der Waals surface area (Å²) in [4.78, 5) is 23.8. The van der Waals surface area contributed by atoms with Gasteiger partial charge in [-0.25, -0.2) is 24.9 Å². The molecule has 34 heavy (non-hydrogen) atoms. The molecule has 0 unspecified atom stereocenters. The highest BCUT2D eigenvalue weighted by atomic mass is 15.0. The average Bonchev–Trinajstić information content (AvgIpc) is 2.87. The molecule has 3 rings (SSSR count). The van der Waals surface area contributed by atoms with Gasteiger partial charge >= 0.3 is 0 Å². The number of nitrogens with zero attached hydrogens (tertiary/aromatic N) is 6. The molecule has 194 valence electrons. The van der Waals surface area contributed by atoms with Gasteiger partial charge in [-0.3, -0.25) is 4.98 Å². The second-order valence-corrected chi connectivity index (χ2v) is 6.04. The third-order valence-electron chi connectivity index (χ3n) is 3.99. The number of rotatable bonds is 0. The highest BCUT2D eigenvalue weighted by Gasteiger charge is 2.03. The Morgan fingerprint density at radius 1 is 0.412 bits per heavy atom. The van der Waals surface area contributed by atoms with Crippen molar-refractivity contribution in [2.24, 2.45) is 0 Å². The van der Waals surface area contributed by atoms with E-state index in [1.165, 1.54) is 23.0 Å². The van der Waals surface area contributed by atoms with Gasteiger partial charge in [0.1, 0.15) is 23.8 Å². The van der Waals surface area contributed by atoms with Crippen LogP contribution in [0.15, 0.2) is 24.8 Å². The zero-order chi connectivity index (χ0) is 27.7. The molecule has 6 nitrogen and oxygen atoms in total. The molecule has 0 fully saturated rings. The van der Waals surface area contributed by atoms with E-state index < -0.39 is 0 Å². The molecule has 0 saturated carbocycles. The highest BCUT2D eigenvalue weighted by molar-refractivity contribution is 5.36. The van der Waals surface area contributed by atoms with Crippen LogP contribution >= 0.6 is 0 Å². The van der Waals surface area contributed by atoms with Crippen LogP contribution in [0.2, 0.25) is 0 Å². The van der Waals surface area contributed by atoms with Crippen LogP contribution < -0.4 is 0 Å². The largest absolute Gasteiger partial charge is 0.258 e. The number of aryl methyl sites for hydroxylation is 5. The van der Waals surface area contributed by atoms with E-state index in [4.69, 9.17) is 0 Å². The maximum absolute atomic E-state index is 4.43. The van der Waals surface area contributed by atoms with Crippen molar-refractivity contribution < 1.29 is 0 Å². The van der Waals surface area contributed by atoms with Crippen LogP contribution in [-0.4, -0.2) is 29.9 Å². The Morgan fingerprint density at radius 3 is 0.912 bits per heavy atom. The van der Waals surface area contributed by atoms with Gasteiger partial charge in [0, 0.05) is 23.8 Å². The summed E-state index contributed by atoms with van der Waals surface area (Å²) in [7, 11) is 0. The predicted molar refractivity (Wildman–Crippen MR) is 149 cm³/mol. The normalized spacial score (nSPS) is 8.00. The molecular weight excluding hydrogens is 420 g/mol. The Bertz CT molecular complexity index is 731. The average molecular weight is 473 g/mol. The van der Waals surface area contributed by atoms with Crippen LogP contribution in [-0.2, 0) is 0 Å². The SMILES string of the molecule is CC.CC.CC.CC.Cc1nc(C)c(C)c(C)c1C.Cc1nc(C)nc(C)n1.c1cncnc1. The first-order chi connectivity index (χ1) is 16.2. The molecule has 0 atom stereocenters. The van der Waals surface area contributed by atoms with E-state index in [2.05, 4.69) is 64.5 Å². The van der Waals surface area contributed by atoms with Crippen molar-refractivity contribution in [1.29, 1.82) is 0 Å². The van der Waals surface area contributed by atoms with Crippen molar-refractivity contribution in [2.45, 2.75) is 111 Å². The lowest BCUT2D eigenvalue weighted by molar-refractivity contribution is 0.875. The summed E-state index contributed by atoms with van der Waals surface area (Å²) in [5.41, 5.74) is 6.35. The molecule has 0 radical (unpaired) electrons. The molecule has 0 N–H and O–H groups in total. The summed E-state index contributed by atoms with van der Waals surface area (Å²) in [6, 6.07) is 1.78. The van der Waals surface area contributed by atoms with E-state index in [0.29, 0.717) is 0 Å². The quantitative estimate of drug-likeness (QED) is 0.330. The van der Waals surface area contributed by atoms with E-state index in [1.54, 1.807) is 18.5 Å². The van der Waals surface area contributed by atoms with Crippen molar-refractivity contribution in [3.05, 3.63) is 70.3 Å². The fourth-order valence-electron chi connectivity index (χ4n) is 2.27. The van der Waals surface area contributed by atoms with E-state index in [0.717, 1.165) is 28.9 Å². The molecule has 0 saturated heterocycles. The second-order valence-electron chi connectivity index (χ2n) is 6.04. The molecule has 0 aliphatic rings. The van der Waals surface area contributed by atoms with Crippen LogP contribution in [0.5, 0.6) is 0 Å². The van der Waals surface area contributed by atoms with Crippen LogP contribution in [0.4, 0.5) is 0 Å².